The van der Waals surface area contributed by atoms with Gasteiger partial charge in [-0.3, -0.25) is 4.79 Å². The fourth-order valence-electron chi connectivity index (χ4n) is 2.24. The second-order valence-electron chi connectivity index (χ2n) is 5.50. The second-order valence-corrected chi connectivity index (χ2v) is 7.95. The van der Waals surface area contributed by atoms with Crippen LogP contribution < -0.4 is 0 Å². The van der Waals surface area contributed by atoms with Gasteiger partial charge in [-0.1, -0.05) is 43.0 Å². The van der Waals surface area contributed by atoms with E-state index in [4.69, 9.17) is 0 Å². The first kappa shape index (κ1) is 17.2. The van der Waals surface area contributed by atoms with Crippen LogP contribution in [0, 0.1) is 0 Å². The van der Waals surface area contributed by atoms with Crippen molar-refractivity contribution in [3.05, 3.63) is 59.7 Å². The molecule has 2 rings (SSSR count). The lowest BCUT2D eigenvalue weighted by atomic mass is 9.98. The summed E-state index contributed by atoms with van der Waals surface area (Å²) in [5.74, 6) is 0.108. The minimum atomic E-state index is 0.108. The van der Waals surface area contributed by atoms with Gasteiger partial charge >= 0.3 is 0 Å². The van der Waals surface area contributed by atoms with Crippen molar-refractivity contribution in [2.75, 3.05) is 6.26 Å². The number of rotatable bonds is 6. The summed E-state index contributed by atoms with van der Waals surface area (Å²) in [7, 11) is 0. The maximum atomic E-state index is 11.3. The van der Waals surface area contributed by atoms with Crippen LogP contribution in [-0.4, -0.2) is 12.0 Å². The molecule has 0 spiro atoms. The molecule has 0 bridgehead atoms. The third kappa shape index (κ3) is 3.96. The summed E-state index contributed by atoms with van der Waals surface area (Å²) in [5.41, 5.74) is 2.14. The molecule has 0 fully saturated rings. The third-order valence-electron chi connectivity index (χ3n) is 4.09. The summed E-state index contributed by atoms with van der Waals surface area (Å²) in [6, 6.07) is 16.6. The van der Waals surface area contributed by atoms with Crippen molar-refractivity contribution in [1.29, 1.82) is 0 Å². The van der Waals surface area contributed by atoms with Gasteiger partial charge in [0.1, 0.15) is 0 Å². The number of benzene rings is 2. The molecule has 0 aliphatic rings. The lowest BCUT2D eigenvalue weighted by molar-refractivity contribution is 0.101. The SMILES string of the molecule is CCC(C)(SC)c1ccc(Sc2ccc(C(C)=O)cc2)cc1. The zero-order chi connectivity index (χ0) is 16.2. The number of ketones is 1. The summed E-state index contributed by atoms with van der Waals surface area (Å²) in [4.78, 5) is 13.7. The average Bonchev–Trinajstić information content (AvgIpc) is 2.55. The first-order chi connectivity index (χ1) is 10.5. The number of carbonyl (C=O) groups is 1. The van der Waals surface area contributed by atoms with Gasteiger partial charge in [0.15, 0.2) is 5.78 Å². The van der Waals surface area contributed by atoms with Gasteiger partial charge in [-0.05, 0) is 56.4 Å². The Hall–Kier alpha value is -1.19. The summed E-state index contributed by atoms with van der Waals surface area (Å²) in [5, 5.41) is 0. The molecule has 0 N–H and O–H groups in total. The largest absolute Gasteiger partial charge is 0.295 e. The lowest BCUT2D eigenvalue weighted by Gasteiger charge is -2.26. The highest BCUT2D eigenvalue weighted by molar-refractivity contribution is 7.99. The molecule has 2 aromatic carbocycles. The molecular formula is C19H22OS2. The van der Waals surface area contributed by atoms with Gasteiger partial charge in [0.25, 0.3) is 0 Å². The maximum Gasteiger partial charge on any atom is 0.159 e. The first-order valence-electron chi connectivity index (χ1n) is 7.43. The van der Waals surface area contributed by atoms with Crippen LogP contribution in [0.25, 0.3) is 0 Å². The number of hydrogen-bond donors (Lipinski definition) is 0. The molecule has 0 radical (unpaired) electrons. The highest BCUT2D eigenvalue weighted by Crippen LogP contribution is 2.38. The number of carbonyl (C=O) groups excluding carboxylic acids is 1. The van der Waals surface area contributed by atoms with Crippen molar-refractivity contribution in [3.8, 4) is 0 Å². The highest BCUT2D eigenvalue weighted by Gasteiger charge is 2.22. The normalized spacial score (nSPS) is 13.6. The lowest BCUT2D eigenvalue weighted by Crippen LogP contribution is -2.14. The maximum absolute atomic E-state index is 11.3. The van der Waals surface area contributed by atoms with E-state index < -0.39 is 0 Å². The third-order valence-corrected chi connectivity index (χ3v) is 6.53. The van der Waals surface area contributed by atoms with Crippen LogP contribution in [0.2, 0.25) is 0 Å². The van der Waals surface area contributed by atoms with E-state index in [0.717, 1.165) is 16.9 Å². The first-order valence-corrected chi connectivity index (χ1v) is 9.47. The Kier molecular flexibility index (Phi) is 5.76. The molecule has 3 heteroatoms. The highest BCUT2D eigenvalue weighted by atomic mass is 32.2. The van der Waals surface area contributed by atoms with Gasteiger partial charge in [-0.15, -0.1) is 0 Å². The Morgan fingerprint density at radius 2 is 1.50 bits per heavy atom. The van der Waals surface area contributed by atoms with Crippen molar-refractivity contribution in [3.63, 3.8) is 0 Å². The smallest absolute Gasteiger partial charge is 0.159 e. The molecule has 0 aromatic heterocycles. The number of hydrogen-bond acceptors (Lipinski definition) is 3. The van der Waals surface area contributed by atoms with Crippen molar-refractivity contribution >= 4 is 29.3 Å². The topological polar surface area (TPSA) is 17.1 Å². The Bertz CT molecular complexity index is 625. The molecule has 0 heterocycles. The van der Waals surface area contributed by atoms with Gasteiger partial charge in [0.2, 0.25) is 0 Å². The Morgan fingerprint density at radius 1 is 1.00 bits per heavy atom. The zero-order valence-electron chi connectivity index (χ0n) is 13.6. The van der Waals surface area contributed by atoms with E-state index in [2.05, 4.69) is 44.4 Å². The van der Waals surface area contributed by atoms with Crippen LogP contribution in [0.4, 0.5) is 0 Å². The summed E-state index contributed by atoms with van der Waals surface area (Å²) < 4.78 is 0.187. The van der Waals surface area contributed by atoms with E-state index in [1.807, 2.05) is 36.0 Å². The van der Waals surface area contributed by atoms with E-state index in [1.54, 1.807) is 18.7 Å². The molecule has 0 saturated heterocycles. The van der Waals surface area contributed by atoms with Crippen molar-refractivity contribution in [2.24, 2.45) is 0 Å². The van der Waals surface area contributed by atoms with Crippen LogP contribution in [0.5, 0.6) is 0 Å². The average molecular weight is 331 g/mol. The molecule has 0 aliphatic carbocycles. The van der Waals surface area contributed by atoms with Gasteiger partial charge in [-0.25, -0.2) is 0 Å². The quantitative estimate of drug-likeness (QED) is 0.602. The molecule has 0 amide bonds. The van der Waals surface area contributed by atoms with Crippen LogP contribution in [0.3, 0.4) is 0 Å². The van der Waals surface area contributed by atoms with E-state index in [0.29, 0.717) is 0 Å². The predicted molar refractivity (Wildman–Crippen MR) is 98.2 cm³/mol. The Balaban J connectivity index is 2.12. The van der Waals surface area contributed by atoms with E-state index >= 15 is 0 Å². The van der Waals surface area contributed by atoms with Gasteiger partial charge < -0.3 is 0 Å². The minimum Gasteiger partial charge on any atom is -0.295 e. The fraction of sp³-hybridized carbons (Fsp3) is 0.316. The minimum absolute atomic E-state index is 0.108. The summed E-state index contributed by atoms with van der Waals surface area (Å²) in [6.07, 6.45) is 3.29. The summed E-state index contributed by atoms with van der Waals surface area (Å²) in [6.45, 7) is 6.12. The van der Waals surface area contributed by atoms with Crippen LogP contribution in [0.15, 0.2) is 58.3 Å². The molecule has 0 aliphatic heterocycles. The predicted octanol–water partition coefficient (Wildman–Crippen LogP) is 6.03. The molecule has 1 nitrogen and oxygen atoms in total. The fourth-order valence-corrected chi connectivity index (χ4v) is 3.71. The molecular weight excluding hydrogens is 308 g/mol. The van der Waals surface area contributed by atoms with Gasteiger partial charge in [0, 0.05) is 20.1 Å². The van der Waals surface area contributed by atoms with Crippen molar-refractivity contribution < 1.29 is 4.79 Å². The molecule has 22 heavy (non-hydrogen) atoms. The number of Topliss-reactive ketones (excluding diaryl/α,β-unsaturated/α-hetero) is 1. The number of thioether (sulfide) groups is 1. The standard InChI is InChI=1S/C19H22OS2/c1-5-19(3,21-4)16-8-12-18(13-9-16)22-17-10-6-15(7-11-17)14(2)20/h6-13H,5H2,1-4H3. The van der Waals surface area contributed by atoms with E-state index in [-0.39, 0.29) is 10.5 Å². The Labute approximate surface area is 141 Å². The molecule has 2 aromatic rings. The van der Waals surface area contributed by atoms with Crippen LogP contribution >= 0.6 is 23.5 Å². The van der Waals surface area contributed by atoms with E-state index in [1.165, 1.54) is 10.5 Å². The second kappa shape index (κ2) is 7.38. The van der Waals surface area contributed by atoms with E-state index in [9.17, 15) is 4.79 Å². The zero-order valence-corrected chi connectivity index (χ0v) is 15.2. The van der Waals surface area contributed by atoms with Crippen molar-refractivity contribution in [2.45, 2.75) is 41.7 Å². The van der Waals surface area contributed by atoms with Crippen molar-refractivity contribution in [1.82, 2.24) is 0 Å². The van der Waals surface area contributed by atoms with Gasteiger partial charge in [0.05, 0.1) is 0 Å². The molecule has 116 valence electrons. The van der Waals surface area contributed by atoms with Gasteiger partial charge in [-0.2, -0.15) is 11.8 Å². The molecule has 0 saturated carbocycles. The monoisotopic (exact) mass is 330 g/mol. The van der Waals surface area contributed by atoms with Crippen LogP contribution in [-0.2, 0) is 4.75 Å². The molecule has 1 unspecified atom stereocenters. The van der Waals surface area contributed by atoms with Crippen LogP contribution in [0.1, 0.15) is 43.1 Å². The molecule has 1 atom stereocenters. The summed E-state index contributed by atoms with van der Waals surface area (Å²) >= 11 is 3.63. The Morgan fingerprint density at radius 3 is 1.91 bits per heavy atom.